The Morgan fingerprint density at radius 3 is 2.65 bits per heavy atom. The van der Waals surface area contributed by atoms with Crippen LogP contribution in [-0.4, -0.2) is 66.7 Å². The van der Waals surface area contributed by atoms with Crippen LogP contribution in [-0.2, 0) is 0 Å². The number of aromatic nitrogens is 3. The molecule has 1 aliphatic heterocycles. The zero-order valence-corrected chi connectivity index (χ0v) is 12.8. The second-order valence-corrected chi connectivity index (χ2v) is 5.23. The van der Waals surface area contributed by atoms with Gasteiger partial charge in [0.2, 0.25) is 17.8 Å². The molecule has 1 fully saturated rings. The molecule has 0 spiro atoms. The van der Waals surface area contributed by atoms with Gasteiger partial charge in [0.25, 0.3) is 0 Å². The van der Waals surface area contributed by atoms with Gasteiger partial charge in [-0.1, -0.05) is 6.92 Å². The van der Waals surface area contributed by atoms with Crippen molar-refractivity contribution in [2.24, 2.45) is 0 Å². The van der Waals surface area contributed by atoms with E-state index in [2.05, 4.69) is 37.4 Å². The van der Waals surface area contributed by atoms with Crippen molar-refractivity contribution in [3.63, 3.8) is 0 Å². The van der Waals surface area contributed by atoms with Gasteiger partial charge in [-0.15, -0.1) is 0 Å². The predicted octanol–water partition coefficient (Wildman–Crippen LogP) is 0.875. The van der Waals surface area contributed by atoms with E-state index in [9.17, 15) is 0 Å². The van der Waals surface area contributed by atoms with Crippen molar-refractivity contribution in [1.29, 1.82) is 0 Å². The highest BCUT2D eigenvalue weighted by molar-refractivity contribution is 5.42. The predicted molar refractivity (Wildman–Crippen MR) is 82.5 cm³/mol. The second kappa shape index (κ2) is 6.69. The Bertz CT molecular complexity index is 435. The van der Waals surface area contributed by atoms with Crippen LogP contribution in [0.15, 0.2) is 0 Å². The molecule has 0 aromatic carbocycles. The zero-order valence-electron chi connectivity index (χ0n) is 12.8. The Morgan fingerprint density at radius 1 is 1.25 bits per heavy atom. The van der Waals surface area contributed by atoms with Crippen LogP contribution in [0.4, 0.5) is 17.8 Å². The maximum Gasteiger partial charge on any atom is 0.231 e. The smallest absolute Gasteiger partial charge is 0.231 e. The summed E-state index contributed by atoms with van der Waals surface area (Å²) in [6.45, 7) is 5.40. The standard InChI is InChI=1S/C13H25N7/c1-5-20-8-6-7-10(20)9-15-12-16-11(14-2)17-13(18-12)19(3)4/h10H,5-9H2,1-4H3,(H2,14,15,16,17,18). The Balaban J connectivity index is 2.03. The van der Waals surface area contributed by atoms with E-state index in [0.717, 1.165) is 13.1 Å². The molecule has 2 heterocycles. The van der Waals surface area contributed by atoms with E-state index in [1.807, 2.05) is 26.0 Å². The summed E-state index contributed by atoms with van der Waals surface area (Å²) in [5, 5.41) is 6.32. The number of nitrogens with one attached hydrogen (secondary N) is 2. The molecule has 7 heteroatoms. The van der Waals surface area contributed by atoms with Crippen molar-refractivity contribution in [3.05, 3.63) is 0 Å². The number of hydrogen-bond acceptors (Lipinski definition) is 7. The first-order valence-electron chi connectivity index (χ1n) is 7.23. The lowest BCUT2D eigenvalue weighted by atomic mass is 10.2. The maximum absolute atomic E-state index is 4.43. The lowest BCUT2D eigenvalue weighted by molar-refractivity contribution is 0.277. The lowest BCUT2D eigenvalue weighted by Crippen LogP contribution is -2.35. The Hall–Kier alpha value is -1.63. The SMILES string of the molecule is CCN1CCCC1CNc1nc(NC)nc(N(C)C)n1. The van der Waals surface area contributed by atoms with Crippen molar-refractivity contribution < 1.29 is 0 Å². The number of rotatable bonds is 6. The molecule has 1 aromatic heterocycles. The second-order valence-electron chi connectivity index (χ2n) is 5.23. The number of nitrogens with zero attached hydrogens (tertiary/aromatic N) is 5. The van der Waals surface area contributed by atoms with Gasteiger partial charge >= 0.3 is 0 Å². The van der Waals surface area contributed by atoms with Gasteiger partial charge in [-0.2, -0.15) is 15.0 Å². The van der Waals surface area contributed by atoms with Crippen LogP contribution in [0.1, 0.15) is 19.8 Å². The molecule has 0 amide bonds. The summed E-state index contributed by atoms with van der Waals surface area (Å²) in [7, 11) is 5.66. The molecular weight excluding hydrogens is 254 g/mol. The fourth-order valence-electron chi connectivity index (χ4n) is 2.51. The number of likely N-dealkylation sites (N-methyl/N-ethyl adjacent to an activating group) is 1. The Morgan fingerprint density at radius 2 is 2.00 bits per heavy atom. The highest BCUT2D eigenvalue weighted by Crippen LogP contribution is 2.17. The molecule has 2 N–H and O–H groups in total. The molecule has 0 saturated carbocycles. The minimum Gasteiger partial charge on any atom is -0.357 e. The molecule has 20 heavy (non-hydrogen) atoms. The summed E-state index contributed by atoms with van der Waals surface area (Å²) >= 11 is 0. The van der Waals surface area contributed by atoms with Gasteiger partial charge in [0.1, 0.15) is 0 Å². The summed E-state index contributed by atoms with van der Waals surface area (Å²) in [6, 6.07) is 0.581. The molecule has 112 valence electrons. The summed E-state index contributed by atoms with van der Waals surface area (Å²) in [4.78, 5) is 17.5. The normalized spacial score (nSPS) is 19.1. The first-order valence-corrected chi connectivity index (χ1v) is 7.23. The highest BCUT2D eigenvalue weighted by Gasteiger charge is 2.22. The van der Waals surface area contributed by atoms with Gasteiger partial charge in [-0.25, -0.2) is 0 Å². The fraction of sp³-hybridized carbons (Fsp3) is 0.769. The molecular formula is C13H25N7. The van der Waals surface area contributed by atoms with E-state index < -0.39 is 0 Å². The molecule has 1 saturated heterocycles. The monoisotopic (exact) mass is 279 g/mol. The van der Waals surface area contributed by atoms with E-state index in [-0.39, 0.29) is 0 Å². The first kappa shape index (κ1) is 14.8. The van der Waals surface area contributed by atoms with Gasteiger partial charge in [-0.05, 0) is 25.9 Å². The molecule has 1 aliphatic rings. The summed E-state index contributed by atoms with van der Waals surface area (Å²) in [5.41, 5.74) is 0. The van der Waals surface area contributed by atoms with Crippen molar-refractivity contribution in [3.8, 4) is 0 Å². The summed E-state index contributed by atoms with van der Waals surface area (Å²) in [6.07, 6.45) is 2.52. The molecule has 0 aliphatic carbocycles. The molecule has 0 radical (unpaired) electrons. The van der Waals surface area contributed by atoms with Gasteiger partial charge in [0.15, 0.2) is 0 Å². The molecule has 1 atom stereocenters. The molecule has 2 rings (SSSR count). The number of anilines is 3. The largest absolute Gasteiger partial charge is 0.357 e. The zero-order chi connectivity index (χ0) is 14.5. The van der Waals surface area contributed by atoms with E-state index in [1.54, 1.807) is 0 Å². The van der Waals surface area contributed by atoms with E-state index >= 15 is 0 Å². The van der Waals surface area contributed by atoms with Gasteiger partial charge in [-0.3, -0.25) is 4.90 Å². The topological polar surface area (TPSA) is 69.2 Å². The number of likely N-dealkylation sites (tertiary alicyclic amines) is 1. The quantitative estimate of drug-likeness (QED) is 0.801. The van der Waals surface area contributed by atoms with Gasteiger partial charge in [0, 0.05) is 33.7 Å². The van der Waals surface area contributed by atoms with Gasteiger partial charge < -0.3 is 15.5 Å². The Labute approximate surface area is 120 Å². The van der Waals surface area contributed by atoms with Crippen LogP contribution in [0.2, 0.25) is 0 Å². The maximum atomic E-state index is 4.43. The van der Waals surface area contributed by atoms with Crippen LogP contribution in [0, 0.1) is 0 Å². The average Bonchev–Trinajstić information content (AvgIpc) is 2.92. The third-order valence-electron chi connectivity index (χ3n) is 3.65. The minimum absolute atomic E-state index is 0.581. The van der Waals surface area contributed by atoms with Crippen LogP contribution < -0.4 is 15.5 Å². The highest BCUT2D eigenvalue weighted by atomic mass is 15.3. The number of hydrogen-bond donors (Lipinski definition) is 2. The van der Waals surface area contributed by atoms with Gasteiger partial charge in [0.05, 0.1) is 0 Å². The van der Waals surface area contributed by atoms with Crippen LogP contribution in [0.5, 0.6) is 0 Å². The van der Waals surface area contributed by atoms with E-state index in [0.29, 0.717) is 23.9 Å². The van der Waals surface area contributed by atoms with Crippen LogP contribution in [0.25, 0.3) is 0 Å². The summed E-state index contributed by atoms with van der Waals surface area (Å²) < 4.78 is 0. The molecule has 0 bridgehead atoms. The van der Waals surface area contributed by atoms with Crippen molar-refractivity contribution >= 4 is 17.8 Å². The molecule has 7 nitrogen and oxygen atoms in total. The van der Waals surface area contributed by atoms with E-state index in [4.69, 9.17) is 0 Å². The fourth-order valence-corrected chi connectivity index (χ4v) is 2.51. The van der Waals surface area contributed by atoms with Crippen LogP contribution >= 0.6 is 0 Å². The molecule has 1 unspecified atom stereocenters. The summed E-state index contributed by atoms with van der Waals surface area (Å²) in [5.74, 6) is 1.88. The average molecular weight is 279 g/mol. The van der Waals surface area contributed by atoms with Crippen molar-refractivity contribution in [2.75, 3.05) is 56.3 Å². The van der Waals surface area contributed by atoms with Crippen molar-refractivity contribution in [1.82, 2.24) is 19.9 Å². The lowest BCUT2D eigenvalue weighted by Gasteiger charge is -2.23. The molecule has 1 aromatic rings. The first-order chi connectivity index (χ1) is 9.63. The third kappa shape index (κ3) is 3.47. The minimum atomic E-state index is 0.581. The van der Waals surface area contributed by atoms with Crippen LogP contribution in [0.3, 0.4) is 0 Å². The van der Waals surface area contributed by atoms with E-state index in [1.165, 1.54) is 19.4 Å². The Kier molecular flexibility index (Phi) is 4.94. The third-order valence-corrected chi connectivity index (χ3v) is 3.65. The van der Waals surface area contributed by atoms with Crippen molar-refractivity contribution in [2.45, 2.75) is 25.8 Å².